The van der Waals surface area contributed by atoms with Crippen LogP contribution in [-0.4, -0.2) is 30.7 Å². The fraction of sp³-hybridized carbons (Fsp3) is 0.600. The van der Waals surface area contributed by atoms with E-state index in [4.69, 9.17) is 4.74 Å². The molecule has 1 heterocycles. The van der Waals surface area contributed by atoms with Gasteiger partial charge in [0.1, 0.15) is 0 Å². The molecule has 110 valence electrons. The van der Waals surface area contributed by atoms with Gasteiger partial charge in [-0.05, 0) is 31.7 Å². The first kappa shape index (κ1) is 14.9. The molecule has 1 aromatic carbocycles. The molecule has 20 heavy (non-hydrogen) atoms. The van der Waals surface area contributed by atoms with Crippen molar-refractivity contribution in [1.29, 1.82) is 0 Å². The maximum atomic E-state index is 10.9. The summed E-state index contributed by atoms with van der Waals surface area (Å²) < 4.78 is 5.65. The second-order valence-corrected chi connectivity index (χ2v) is 5.21. The Morgan fingerprint density at radius 1 is 1.45 bits per heavy atom. The highest BCUT2D eigenvalue weighted by Gasteiger charge is 2.25. The molecule has 1 aliphatic rings. The molecule has 1 aliphatic heterocycles. The van der Waals surface area contributed by atoms with Crippen molar-refractivity contribution in [2.75, 3.05) is 19.7 Å². The minimum atomic E-state index is -0.312. The van der Waals surface area contributed by atoms with Crippen molar-refractivity contribution >= 4 is 5.69 Å². The quantitative estimate of drug-likeness (QED) is 0.473. The minimum Gasteiger partial charge on any atom is -0.378 e. The first-order chi connectivity index (χ1) is 9.72. The fourth-order valence-electron chi connectivity index (χ4n) is 2.79. The Bertz CT molecular complexity index is 450. The van der Waals surface area contributed by atoms with Gasteiger partial charge in [0, 0.05) is 24.8 Å². The van der Waals surface area contributed by atoms with Gasteiger partial charge < -0.3 is 10.1 Å². The molecule has 1 aromatic rings. The maximum absolute atomic E-state index is 10.9. The number of rotatable bonds is 7. The van der Waals surface area contributed by atoms with Crippen LogP contribution >= 0.6 is 0 Å². The maximum Gasteiger partial charge on any atom is 0.272 e. The highest BCUT2D eigenvalue weighted by Crippen LogP contribution is 2.22. The number of para-hydroxylation sites is 1. The predicted molar refractivity (Wildman–Crippen MR) is 77.8 cm³/mol. The fourth-order valence-corrected chi connectivity index (χ4v) is 2.79. The third-order valence-corrected chi connectivity index (χ3v) is 3.91. The molecule has 0 radical (unpaired) electrons. The van der Waals surface area contributed by atoms with Gasteiger partial charge in [-0.15, -0.1) is 0 Å². The van der Waals surface area contributed by atoms with Crippen molar-refractivity contribution in [2.24, 2.45) is 5.92 Å². The zero-order valence-electron chi connectivity index (χ0n) is 11.9. The van der Waals surface area contributed by atoms with Crippen LogP contribution in [0.25, 0.3) is 0 Å². The number of nitro benzene ring substituents is 1. The third-order valence-electron chi connectivity index (χ3n) is 3.91. The molecule has 5 nitrogen and oxygen atoms in total. The van der Waals surface area contributed by atoms with Crippen LogP contribution in [0.2, 0.25) is 0 Å². The number of nitro groups is 1. The van der Waals surface area contributed by atoms with E-state index in [1.54, 1.807) is 12.1 Å². The first-order valence-electron chi connectivity index (χ1n) is 7.27. The number of nitrogens with zero attached hydrogens (tertiary/aromatic N) is 1. The van der Waals surface area contributed by atoms with Crippen molar-refractivity contribution in [3.8, 4) is 0 Å². The van der Waals surface area contributed by atoms with Crippen LogP contribution in [0.4, 0.5) is 5.69 Å². The highest BCUT2D eigenvalue weighted by atomic mass is 16.6. The molecule has 0 amide bonds. The Balaban J connectivity index is 1.77. The van der Waals surface area contributed by atoms with Crippen molar-refractivity contribution in [3.63, 3.8) is 0 Å². The van der Waals surface area contributed by atoms with Gasteiger partial charge >= 0.3 is 0 Å². The molecule has 0 aromatic heterocycles. The third kappa shape index (κ3) is 3.77. The first-order valence-corrected chi connectivity index (χ1v) is 7.27. The van der Waals surface area contributed by atoms with Gasteiger partial charge in [-0.2, -0.15) is 0 Å². The Morgan fingerprint density at radius 3 is 3.00 bits per heavy atom. The lowest BCUT2D eigenvalue weighted by Crippen LogP contribution is -2.29. The Hall–Kier alpha value is -1.46. The molecule has 1 fully saturated rings. The SMILES string of the molecule is CCC1OCCC1CNCCc1ccccc1[N+](=O)[O-]. The number of hydrogen-bond acceptors (Lipinski definition) is 4. The van der Waals surface area contributed by atoms with E-state index in [9.17, 15) is 10.1 Å². The predicted octanol–water partition coefficient (Wildman–Crippen LogP) is 2.54. The van der Waals surface area contributed by atoms with E-state index in [2.05, 4.69) is 12.2 Å². The van der Waals surface area contributed by atoms with E-state index in [0.29, 0.717) is 18.4 Å². The summed E-state index contributed by atoms with van der Waals surface area (Å²) in [5.41, 5.74) is 1.00. The minimum absolute atomic E-state index is 0.213. The normalized spacial score (nSPS) is 22.1. The molecule has 1 N–H and O–H groups in total. The molecular formula is C15H22N2O3. The van der Waals surface area contributed by atoms with Gasteiger partial charge in [-0.25, -0.2) is 0 Å². The summed E-state index contributed by atoms with van der Waals surface area (Å²) in [5, 5.41) is 14.3. The van der Waals surface area contributed by atoms with E-state index in [1.807, 2.05) is 12.1 Å². The summed E-state index contributed by atoms with van der Waals surface area (Å²) in [5.74, 6) is 0.575. The van der Waals surface area contributed by atoms with Crippen molar-refractivity contribution < 1.29 is 9.66 Å². The molecule has 5 heteroatoms. The van der Waals surface area contributed by atoms with Crippen LogP contribution in [0.5, 0.6) is 0 Å². The lowest BCUT2D eigenvalue weighted by atomic mass is 9.99. The van der Waals surface area contributed by atoms with E-state index in [-0.39, 0.29) is 10.6 Å². The zero-order chi connectivity index (χ0) is 14.4. The Labute approximate surface area is 119 Å². The van der Waals surface area contributed by atoms with Crippen LogP contribution in [0.3, 0.4) is 0 Å². The molecule has 0 saturated carbocycles. The second-order valence-electron chi connectivity index (χ2n) is 5.21. The Morgan fingerprint density at radius 2 is 2.25 bits per heavy atom. The molecule has 0 aliphatic carbocycles. The average molecular weight is 278 g/mol. The van der Waals surface area contributed by atoms with E-state index in [0.717, 1.165) is 38.1 Å². The van der Waals surface area contributed by atoms with Crippen molar-refractivity contribution in [2.45, 2.75) is 32.3 Å². The standard InChI is InChI=1S/C15H22N2O3/c1-2-15-13(8-10-20-15)11-16-9-7-12-5-3-4-6-14(12)17(18)19/h3-6,13,15-16H,2,7-11H2,1H3. The molecule has 1 saturated heterocycles. The summed E-state index contributed by atoms with van der Waals surface area (Å²) in [6.07, 6.45) is 3.21. The summed E-state index contributed by atoms with van der Waals surface area (Å²) in [6.45, 7) is 4.70. The highest BCUT2D eigenvalue weighted by molar-refractivity contribution is 5.39. The van der Waals surface area contributed by atoms with Gasteiger partial charge in [-0.1, -0.05) is 25.1 Å². The smallest absolute Gasteiger partial charge is 0.272 e. The number of nitrogens with one attached hydrogen (secondary N) is 1. The van der Waals surface area contributed by atoms with Gasteiger partial charge in [-0.3, -0.25) is 10.1 Å². The Kier molecular flexibility index (Phi) is 5.49. The lowest BCUT2D eigenvalue weighted by Gasteiger charge is -2.17. The summed E-state index contributed by atoms with van der Waals surface area (Å²) in [4.78, 5) is 10.6. The molecule has 2 atom stereocenters. The molecule has 0 bridgehead atoms. The molecule has 0 spiro atoms. The van der Waals surface area contributed by atoms with Crippen LogP contribution in [0, 0.1) is 16.0 Å². The van der Waals surface area contributed by atoms with E-state index < -0.39 is 0 Å². The largest absolute Gasteiger partial charge is 0.378 e. The number of hydrogen-bond donors (Lipinski definition) is 1. The monoisotopic (exact) mass is 278 g/mol. The molecule has 2 rings (SSSR count). The van der Waals surface area contributed by atoms with Gasteiger partial charge in [0.25, 0.3) is 5.69 Å². The van der Waals surface area contributed by atoms with Crippen molar-refractivity contribution in [1.82, 2.24) is 5.32 Å². The summed E-state index contributed by atoms with van der Waals surface area (Å²) in [7, 11) is 0. The van der Waals surface area contributed by atoms with Crippen molar-refractivity contribution in [3.05, 3.63) is 39.9 Å². The topological polar surface area (TPSA) is 64.4 Å². The molecule has 2 unspecified atom stereocenters. The van der Waals surface area contributed by atoms with Gasteiger partial charge in [0.15, 0.2) is 0 Å². The lowest BCUT2D eigenvalue weighted by molar-refractivity contribution is -0.385. The van der Waals surface area contributed by atoms with Crippen LogP contribution in [-0.2, 0) is 11.2 Å². The summed E-state index contributed by atoms with van der Waals surface area (Å²) >= 11 is 0. The van der Waals surface area contributed by atoms with Gasteiger partial charge in [0.2, 0.25) is 0 Å². The second kappa shape index (κ2) is 7.36. The summed E-state index contributed by atoms with van der Waals surface area (Å²) in [6, 6.07) is 6.94. The van der Waals surface area contributed by atoms with Gasteiger partial charge in [0.05, 0.1) is 11.0 Å². The van der Waals surface area contributed by atoms with E-state index in [1.165, 1.54) is 0 Å². The molecular weight excluding hydrogens is 256 g/mol. The number of ether oxygens (including phenoxy) is 1. The van der Waals surface area contributed by atoms with Crippen LogP contribution < -0.4 is 5.32 Å². The van der Waals surface area contributed by atoms with E-state index >= 15 is 0 Å². The average Bonchev–Trinajstić information content (AvgIpc) is 2.91. The zero-order valence-corrected chi connectivity index (χ0v) is 11.9. The van der Waals surface area contributed by atoms with Crippen LogP contribution in [0.1, 0.15) is 25.3 Å². The van der Waals surface area contributed by atoms with Crippen LogP contribution in [0.15, 0.2) is 24.3 Å². The number of benzene rings is 1.